The quantitative estimate of drug-likeness (QED) is 0.602. The van der Waals surface area contributed by atoms with E-state index in [4.69, 9.17) is 9.47 Å². The molecule has 0 heterocycles. The van der Waals surface area contributed by atoms with Crippen LogP contribution in [0.1, 0.15) is 47.5 Å². The van der Waals surface area contributed by atoms with E-state index in [1.165, 1.54) is 0 Å². The van der Waals surface area contributed by atoms with E-state index in [1.807, 2.05) is 6.92 Å². The number of hydrazine groups is 1. The molecule has 0 aliphatic heterocycles. The van der Waals surface area contributed by atoms with E-state index < -0.39 is 17.1 Å². The van der Waals surface area contributed by atoms with Gasteiger partial charge < -0.3 is 9.47 Å². The van der Waals surface area contributed by atoms with Crippen molar-refractivity contribution in [1.82, 2.24) is 10.9 Å². The molecule has 0 unspecified atom stereocenters. The molecule has 1 fully saturated rings. The Morgan fingerprint density at radius 1 is 1.32 bits per heavy atom. The summed E-state index contributed by atoms with van der Waals surface area (Å²) in [4.78, 5) is 23.1. The Bertz CT molecular complexity index is 343. The van der Waals surface area contributed by atoms with Gasteiger partial charge in [0.2, 0.25) is 0 Å². The molecule has 0 spiro atoms. The van der Waals surface area contributed by atoms with Crippen LogP contribution in [-0.4, -0.2) is 30.3 Å². The molecular formula is C13H24N2O4. The van der Waals surface area contributed by atoms with E-state index in [2.05, 4.69) is 10.9 Å². The minimum atomic E-state index is -0.523. The molecule has 0 bridgehead atoms. The molecule has 1 rings (SSSR count). The molecule has 6 heteroatoms. The van der Waals surface area contributed by atoms with Gasteiger partial charge in [0, 0.05) is 6.04 Å². The van der Waals surface area contributed by atoms with Gasteiger partial charge in [-0.15, -0.1) is 0 Å². The summed E-state index contributed by atoms with van der Waals surface area (Å²) in [5.74, 6) is -0.176. The summed E-state index contributed by atoms with van der Waals surface area (Å²) in [6.45, 7) is 9.45. The highest BCUT2D eigenvalue weighted by Crippen LogP contribution is 2.41. The first-order valence-corrected chi connectivity index (χ1v) is 6.58. The van der Waals surface area contributed by atoms with Crippen LogP contribution in [0.4, 0.5) is 4.79 Å². The second-order valence-electron chi connectivity index (χ2n) is 6.16. The number of hydrogen-bond acceptors (Lipinski definition) is 5. The van der Waals surface area contributed by atoms with Crippen LogP contribution in [0, 0.1) is 5.41 Å². The molecule has 6 nitrogen and oxygen atoms in total. The van der Waals surface area contributed by atoms with E-state index in [1.54, 1.807) is 27.7 Å². The number of hydrogen-bond donors (Lipinski definition) is 2. The molecule has 0 radical (unpaired) electrons. The molecule has 0 aromatic carbocycles. The highest BCUT2D eigenvalue weighted by molar-refractivity contribution is 5.77. The second-order valence-corrected chi connectivity index (χ2v) is 6.16. The fourth-order valence-electron chi connectivity index (χ4n) is 2.07. The number of carbonyl (C=O) groups excluding carboxylic acids is 2. The fraction of sp³-hybridized carbons (Fsp3) is 0.846. The van der Waals surface area contributed by atoms with Gasteiger partial charge in [0.15, 0.2) is 0 Å². The molecule has 1 aliphatic carbocycles. The number of nitrogens with one attached hydrogen (secondary N) is 2. The zero-order chi connectivity index (χ0) is 14.7. The lowest BCUT2D eigenvalue weighted by Gasteiger charge is -2.42. The van der Waals surface area contributed by atoms with Crippen molar-refractivity contribution in [3.8, 4) is 0 Å². The first-order chi connectivity index (χ1) is 8.66. The summed E-state index contributed by atoms with van der Waals surface area (Å²) < 4.78 is 10.1. The Hall–Kier alpha value is -1.30. The second kappa shape index (κ2) is 5.77. The van der Waals surface area contributed by atoms with Gasteiger partial charge in [-0.05, 0) is 47.5 Å². The molecule has 0 saturated heterocycles. The molecule has 0 aromatic rings. The van der Waals surface area contributed by atoms with Crippen molar-refractivity contribution in [2.24, 2.45) is 5.41 Å². The number of rotatable bonds is 4. The highest BCUT2D eigenvalue weighted by atomic mass is 16.6. The molecular weight excluding hydrogens is 248 g/mol. The van der Waals surface area contributed by atoms with E-state index in [9.17, 15) is 9.59 Å². The standard InChI is InChI=1S/C13H24N2O4/c1-6-18-10(16)13(5)7-9(8-13)14-15-11(17)19-12(2,3)4/h9,14H,6-8H2,1-5H3,(H,15,17). The normalized spacial score (nSPS) is 26.3. The highest BCUT2D eigenvalue weighted by Gasteiger charge is 2.47. The maximum absolute atomic E-state index is 11.7. The number of esters is 1. The van der Waals surface area contributed by atoms with E-state index in [0.717, 1.165) is 0 Å². The molecule has 1 saturated carbocycles. The van der Waals surface area contributed by atoms with Crippen molar-refractivity contribution in [3.63, 3.8) is 0 Å². The van der Waals surface area contributed by atoms with Crippen molar-refractivity contribution in [1.29, 1.82) is 0 Å². The molecule has 0 atom stereocenters. The lowest BCUT2D eigenvalue weighted by atomic mass is 9.67. The summed E-state index contributed by atoms with van der Waals surface area (Å²) in [6, 6.07) is 0.0712. The van der Waals surface area contributed by atoms with Crippen LogP contribution in [0.3, 0.4) is 0 Å². The van der Waals surface area contributed by atoms with Crippen molar-refractivity contribution in [2.75, 3.05) is 6.61 Å². The Labute approximate surface area is 114 Å². The monoisotopic (exact) mass is 272 g/mol. The van der Waals surface area contributed by atoms with Gasteiger partial charge in [-0.1, -0.05) is 0 Å². The van der Waals surface area contributed by atoms with Crippen molar-refractivity contribution in [3.05, 3.63) is 0 Å². The molecule has 0 aromatic heterocycles. The summed E-state index contributed by atoms with van der Waals surface area (Å²) >= 11 is 0. The Morgan fingerprint density at radius 3 is 2.37 bits per heavy atom. The Balaban J connectivity index is 2.25. The van der Waals surface area contributed by atoms with Gasteiger partial charge in [0.05, 0.1) is 12.0 Å². The largest absolute Gasteiger partial charge is 0.466 e. The first kappa shape index (κ1) is 15.8. The van der Waals surface area contributed by atoms with Crippen LogP contribution in [0.25, 0.3) is 0 Å². The van der Waals surface area contributed by atoms with Gasteiger partial charge in [-0.25, -0.2) is 10.2 Å². The lowest BCUT2D eigenvalue weighted by molar-refractivity contribution is -0.161. The number of amides is 1. The minimum Gasteiger partial charge on any atom is -0.466 e. The third-order valence-electron chi connectivity index (χ3n) is 2.94. The molecule has 1 aliphatic rings. The predicted molar refractivity (Wildman–Crippen MR) is 70.3 cm³/mol. The van der Waals surface area contributed by atoms with Crippen LogP contribution in [-0.2, 0) is 14.3 Å². The summed E-state index contributed by atoms with van der Waals surface area (Å²) in [6.07, 6.45) is 0.765. The molecule has 1 amide bonds. The van der Waals surface area contributed by atoms with E-state index in [-0.39, 0.29) is 12.0 Å². The van der Waals surface area contributed by atoms with Crippen LogP contribution in [0.2, 0.25) is 0 Å². The lowest BCUT2D eigenvalue weighted by Crippen LogP contribution is -2.57. The predicted octanol–water partition coefficient (Wildman–Crippen LogP) is 1.75. The van der Waals surface area contributed by atoms with Gasteiger partial charge in [-0.2, -0.15) is 0 Å². The van der Waals surface area contributed by atoms with E-state index in [0.29, 0.717) is 19.4 Å². The van der Waals surface area contributed by atoms with Crippen LogP contribution in [0.5, 0.6) is 0 Å². The van der Waals surface area contributed by atoms with Gasteiger partial charge >= 0.3 is 12.1 Å². The maximum atomic E-state index is 11.7. The third kappa shape index (κ3) is 4.70. The maximum Gasteiger partial charge on any atom is 0.422 e. The third-order valence-corrected chi connectivity index (χ3v) is 2.94. The van der Waals surface area contributed by atoms with Gasteiger partial charge in [0.1, 0.15) is 5.60 Å². The number of carbonyl (C=O) groups is 2. The van der Waals surface area contributed by atoms with E-state index >= 15 is 0 Å². The average Bonchev–Trinajstić information content (AvgIpc) is 2.20. The zero-order valence-corrected chi connectivity index (χ0v) is 12.3. The molecule has 2 N–H and O–H groups in total. The van der Waals surface area contributed by atoms with Gasteiger partial charge in [-0.3, -0.25) is 10.2 Å². The van der Waals surface area contributed by atoms with Crippen LogP contribution >= 0.6 is 0 Å². The molecule has 110 valence electrons. The Kier molecular flexibility index (Phi) is 4.79. The van der Waals surface area contributed by atoms with Crippen molar-refractivity contribution < 1.29 is 19.1 Å². The molecule has 19 heavy (non-hydrogen) atoms. The van der Waals surface area contributed by atoms with Crippen LogP contribution < -0.4 is 10.9 Å². The van der Waals surface area contributed by atoms with Gasteiger partial charge in [0.25, 0.3) is 0 Å². The van der Waals surface area contributed by atoms with Crippen molar-refractivity contribution >= 4 is 12.1 Å². The smallest absolute Gasteiger partial charge is 0.422 e. The fourth-order valence-corrected chi connectivity index (χ4v) is 2.07. The van der Waals surface area contributed by atoms with Crippen molar-refractivity contribution in [2.45, 2.75) is 59.1 Å². The summed E-state index contributed by atoms with van der Waals surface area (Å²) in [5.41, 5.74) is 4.38. The SMILES string of the molecule is CCOC(=O)C1(C)CC(NNC(=O)OC(C)(C)C)C1. The summed E-state index contributed by atoms with van der Waals surface area (Å²) in [7, 11) is 0. The average molecular weight is 272 g/mol. The first-order valence-electron chi connectivity index (χ1n) is 6.58. The topological polar surface area (TPSA) is 76.7 Å². The summed E-state index contributed by atoms with van der Waals surface area (Å²) in [5, 5.41) is 0. The number of ether oxygens (including phenoxy) is 2. The Morgan fingerprint density at radius 2 is 1.89 bits per heavy atom. The minimum absolute atomic E-state index is 0.0712. The zero-order valence-electron chi connectivity index (χ0n) is 12.3. The van der Waals surface area contributed by atoms with Crippen LogP contribution in [0.15, 0.2) is 0 Å².